The zero-order valence-corrected chi connectivity index (χ0v) is 15.4. The molecule has 3 heterocycles. The molecule has 0 saturated carbocycles. The first kappa shape index (κ1) is 15.4. The predicted molar refractivity (Wildman–Crippen MR) is 103 cm³/mol. The maximum atomic E-state index is 12.5. The van der Waals surface area contributed by atoms with E-state index in [0.29, 0.717) is 15.3 Å². The van der Waals surface area contributed by atoms with Gasteiger partial charge in [0.15, 0.2) is 5.82 Å². The van der Waals surface area contributed by atoms with Crippen LogP contribution in [-0.4, -0.2) is 14.6 Å². The fourth-order valence-corrected chi connectivity index (χ4v) is 3.97. The number of hydrogen-bond donors (Lipinski definition) is 0. The summed E-state index contributed by atoms with van der Waals surface area (Å²) < 4.78 is 3.00. The first-order valence-corrected chi connectivity index (χ1v) is 9.56. The number of rotatable bonds is 3. The number of fused-ring (bicyclic) bond motifs is 1. The highest BCUT2D eigenvalue weighted by molar-refractivity contribution is 9.10. The molecule has 0 aliphatic carbocycles. The molecule has 0 atom stereocenters. The molecular weight excluding hydrogens is 406 g/mol. The Morgan fingerprint density at radius 2 is 1.96 bits per heavy atom. The van der Waals surface area contributed by atoms with Crippen LogP contribution in [0.2, 0.25) is 0 Å². The average Bonchev–Trinajstić information content (AvgIpc) is 3.27. The van der Waals surface area contributed by atoms with Crippen molar-refractivity contribution in [1.82, 2.24) is 14.6 Å². The lowest BCUT2D eigenvalue weighted by molar-refractivity contribution is 0.925. The van der Waals surface area contributed by atoms with E-state index in [1.165, 1.54) is 15.9 Å². The van der Waals surface area contributed by atoms with Gasteiger partial charge in [0, 0.05) is 9.35 Å². The van der Waals surface area contributed by atoms with E-state index >= 15 is 0 Å². The number of nitrogens with zero attached hydrogens (tertiary/aromatic N) is 3. The summed E-state index contributed by atoms with van der Waals surface area (Å²) in [7, 11) is 0. The van der Waals surface area contributed by atoms with Gasteiger partial charge in [-0.05, 0) is 47.4 Å². The molecule has 24 heavy (non-hydrogen) atoms. The molecule has 0 spiro atoms. The minimum absolute atomic E-state index is 0.138. The van der Waals surface area contributed by atoms with Crippen LogP contribution in [0.15, 0.2) is 51.0 Å². The summed E-state index contributed by atoms with van der Waals surface area (Å²) in [4.78, 5) is 18.6. The normalized spacial score (nSPS) is 12.6. The Hall–Kier alpha value is -2.09. The second-order valence-electron chi connectivity index (χ2n) is 4.98. The molecule has 0 aliphatic heterocycles. The molecule has 0 N–H and O–H groups in total. The molecule has 3 aromatic heterocycles. The Bertz CT molecular complexity index is 1130. The Morgan fingerprint density at radius 1 is 1.12 bits per heavy atom. The lowest BCUT2D eigenvalue weighted by Gasteiger charge is -1.91. The molecule has 4 aromatic rings. The smallest absolute Gasteiger partial charge is 0.266 e. The predicted octanol–water partition coefficient (Wildman–Crippen LogP) is 3.69. The van der Waals surface area contributed by atoms with E-state index in [0.717, 1.165) is 14.9 Å². The van der Waals surface area contributed by atoms with Crippen molar-refractivity contribution in [3.05, 3.63) is 77.4 Å². The maximum absolute atomic E-state index is 12.5. The monoisotopic (exact) mass is 415 g/mol. The van der Waals surface area contributed by atoms with E-state index in [9.17, 15) is 4.79 Å². The van der Waals surface area contributed by atoms with Gasteiger partial charge >= 0.3 is 0 Å². The van der Waals surface area contributed by atoms with Gasteiger partial charge in [-0.15, -0.1) is 16.4 Å². The highest BCUT2D eigenvalue weighted by atomic mass is 79.9. The summed E-state index contributed by atoms with van der Waals surface area (Å²) >= 11 is 6.39. The molecule has 0 aliphatic rings. The second kappa shape index (κ2) is 6.43. The summed E-state index contributed by atoms with van der Waals surface area (Å²) in [5.74, 6) is 0.543. The van der Waals surface area contributed by atoms with Gasteiger partial charge in [0.1, 0.15) is 0 Å². The van der Waals surface area contributed by atoms with Crippen molar-refractivity contribution in [3.63, 3.8) is 0 Å². The Labute approximate surface area is 153 Å². The zero-order valence-electron chi connectivity index (χ0n) is 12.2. The third-order valence-corrected chi connectivity index (χ3v) is 5.63. The number of halogens is 1. The van der Waals surface area contributed by atoms with Crippen molar-refractivity contribution < 1.29 is 0 Å². The largest absolute Gasteiger partial charge is 0.291 e. The van der Waals surface area contributed by atoms with Crippen molar-refractivity contribution in [2.75, 3.05) is 0 Å². The Morgan fingerprint density at radius 3 is 2.67 bits per heavy atom. The third kappa shape index (κ3) is 3.10. The van der Waals surface area contributed by atoms with Gasteiger partial charge in [-0.2, -0.15) is 9.50 Å². The van der Waals surface area contributed by atoms with Crippen LogP contribution < -0.4 is 10.1 Å². The van der Waals surface area contributed by atoms with E-state index in [-0.39, 0.29) is 5.56 Å². The summed E-state index contributed by atoms with van der Waals surface area (Å²) in [6.45, 7) is 0. The van der Waals surface area contributed by atoms with Gasteiger partial charge in [0.25, 0.3) is 5.56 Å². The van der Waals surface area contributed by atoms with Crippen molar-refractivity contribution in [2.24, 2.45) is 0 Å². The van der Waals surface area contributed by atoms with Crippen LogP contribution in [-0.2, 0) is 0 Å². The Kier molecular flexibility index (Phi) is 4.13. The summed E-state index contributed by atoms with van der Waals surface area (Å²) in [5.41, 5.74) is 0.832. The van der Waals surface area contributed by atoms with Crippen molar-refractivity contribution >= 4 is 61.8 Å². The second-order valence-corrected chi connectivity index (χ2v) is 7.88. The van der Waals surface area contributed by atoms with Crippen LogP contribution in [0, 0.1) is 0 Å². The molecule has 0 bridgehead atoms. The van der Waals surface area contributed by atoms with E-state index < -0.39 is 0 Å². The quantitative estimate of drug-likeness (QED) is 0.512. The van der Waals surface area contributed by atoms with Crippen LogP contribution >= 0.6 is 38.6 Å². The van der Waals surface area contributed by atoms with Crippen molar-refractivity contribution in [1.29, 1.82) is 0 Å². The molecule has 0 radical (unpaired) electrons. The van der Waals surface area contributed by atoms with Crippen molar-refractivity contribution in [2.45, 2.75) is 0 Å². The molecule has 0 amide bonds. The number of benzene rings is 1. The van der Waals surface area contributed by atoms with Crippen molar-refractivity contribution in [3.8, 4) is 0 Å². The van der Waals surface area contributed by atoms with Gasteiger partial charge in [0.05, 0.1) is 4.53 Å². The lowest BCUT2D eigenvalue weighted by atomic mass is 10.2. The standard InChI is InChI=1S/C17H10BrN3OS2/c18-12-5-3-11(4-6-12)10-14-16(22)21-17(24-14)19-15(20-21)8-7-13-2-1-9-23-13/h1-10H/b8-7+,14-10+. The number of thiophene rings is 1. The summed E-state index contributed by atoms with van der Waals surface area (Å²) in [6, 6.07) is 11.8. The minimum atomic E-state index is -0.138. The number of aromatic nitrogens is 3. The van der Waals surface area contributed by atoms with E-state index in [1.54, 1.807) is 11.3 Å². The van der Waals surface area contributed by atoms with Gasteiger partial charge in [-0.3, -0.25) is 4.79 Å². The van der Waals surface area contributed by atoms with Gasteiger partial charge in [-0.25, -0.2) is 0 Å². The summed E-state index contributed by atoms with van der Waals surface area (Å²) in [5, 5.41) is 6.29. The van der Waals surface area contributed by atoms with E-state index in [2.05, 4.69) is 26.0 Å². The minimum Gasteiger partial charge on any atom is -0.266 e. The number of thiazole rings is 1. The van der Waals surface area contributed by atoms with E-state index in [1.807, 2.05) is 60.0 Å². The molecule has 118 valence electrons. The topological polar surface area (TPSA) is 47.3 Å². The highest BCUT2D eigenvalue weighted by Gasteiger charge is 2.08. The van der Waals surface area contributed by atoms with Crippen LogP contribution in [0.25, 0.3) is 23.2 Å². The molecule has 1 aromatic carbocycles. The molecular formula is C17H10BrN3OS2. The molecule has 0 fully saturated rings. The molecule has 0 unspecified atom stereocenters. The van der Waals surface area contributed by atoms with Gasteiger partial charge in [-0.1, -0.05) is 45.5 Å². The SMILES string of the molecule is O=c1/c(=C\c2ccc(Br)cc2)sc2nc(/C=C/c3cccs3)nn12. The van der Waals surface area contributed by atoms with Gasteiger partial charge in [0.2, 0.25) is 4.96 Å². The number of hydrogen-bond acceptors (Lipinski definition) is 5. The lowest BCUT2D eigenvalue weighted by Crippen LogP contribution is -2.23. The van der Waals surface area contributed by atoms with Crippen LogP contribution in [0.3, 0.4) is 0 Å². The fourth-order valence-electron chi connectivity index (χ4n) is 2.17. The average molecular weight is 416 g/mol. The third-order valence-electron chi connectivity index (χ3n) is 3.31. The highest BCUT2D eigenvalue weighted by Crippen LogP contribution is 2.13. The molecule has 4 nitrogen and oxygen atoms in total. The van der Waals surface area contributed by atoms with Crippen LogP contribution in [0.1, 0.15) is 16.3 Å². The van der Waals surface area contributed by atoms with E-state index in [4.69, 9.17) is 0 Å². The first-order chi connectivity index (χ1) is 11.7. The fraction of sp³-hybridized carbons (Fsp3) is 0. The molecule has 7 heteroatoms. The van der Waals surface area contributed by atoms with Crippen LogP contribution in [0.5, 0.6) is 0 Å². The first-order valence-electron chi connectivity index (χ1n) is 7.07. The zero-order chi connectivity index (χ0) is 16.5. The molecule has 0 saturated heterocycles. The summed E-state index contributed by atoms with van der Waals surface area (Å²) in [6.07, 6.45) is 5.63. The van der Waals surface area contributed by atoms with Gasteiger partial charge < -0.3 is 0 Å². The van der Waals surface area contributed by atoms with Crippen LogP contribution in [0.4, 0.5) is 0 Å². The maximum Gasteiger partial charge on any atom is 0.291 e. The molecule has 4 rings (SSSR count). The Balaban J connectivity index is 1.70.